The number of esters is 1. The van der Waals surface area contributed by atoms with E-state index in [1.165, 1.54) is 11.8 Å². The summed E-state index contributed by atoms with van der Waals surface area (Å²) in [6, 6.07) is 8.96. The van der Waals surface area contributed by atoms with E-state index in [1.54, 1.807) is 37.6 Å². The first-order valence-electron chi connectivity index (χ1n) is 11.0. The van der Waals surface area contributed by atoms with Crippen LogP contribution in [0, 0.1) is 6.92 Å². The lowest BCUT2D eigenvalue weighted by Crippen LogP contribution is -2.19. The van der Waals surface area contributed by atoms with Gasteiger partial charge in [-0.3, -0.25) is 9.59 Å². The molecule has 0 saturated heterocycles. The molecule has 178 valence electrons. The predicted octanol–water partition coefficient (Wildman–Crippen LogP) is 2.71. The van der Waals surface area contributed by atoms with Gasteiger partial charge in [0.1, 0.15) is 24.5 Å². The van der Waals surface area contributed by atoms with Crippen molar-refractivity contribution in [1.29, 1.82) is 0 Å². The average Bonchev–Trinajstić information content (AvgIpc) is 3.43. The van der Waals surface area contributed by atoms with Crippen molar-refractivity contribution in [3.63, 3.8) is 0 Å². The molecule has 0 bridgehead atoms. The van der Waals surface area contributed by atoms with Crippen LogP contribution >= 0.6 is 0 Å². The Morgan fingerprint density at radius 2 is 1.91 bits per heavy atom. The number of aromatic nitrogens is 4. The van der Waals surface area contributed by atoms with Crippen molar-refractivity contribution in [1.82, 2.24) is 19.6 Å². The third kappa shape index (κ3) is 5.16. The molecule has 2 aromatic heterocycles. The molecule has 0 atom stereocenters. The van der Waals surface area contributed by atoms with E-state index in [1.807, 2.05) is 17.6 Å². The highest BCUT2D eigenvalue weighted by Crippen LogP contribution is 2.26. The maximum Gasteiger partial charge on any atom is 0.325 e. The number of methoxy groups -OCH3 is 2. The summed E-state index contributed by atoms with van der Waals surface area (Å²) in [5.41, 5.74) is 5.04. The number of nitrogens with zero attached hydrogens (tertiary/aromatic N) is 5. The van der Waals surface area contributed by atoms with E-state index in [-0.39, 0.29) is 31.4 Å². The van der Waals surface area contributed by atoms with Crippen molar-refractivity contribution in [3.05, 3.63) is 64.7 Å². The topological polar surface area (TPSA) is 110 Å². The second kappa shape index (κ2) is 10.3. The van der Waals surface area contributed by atoms with Gasteiger partial charge in [-0.15, -0.1) is 5.10 Å². The Morgan fingerprint density at radius 1 is 1.12 bits per heavy atom. The molecule has 0 amide bonds. The minimum Gasteiger partial charge on any atom is -0.497 e. The minimum absolute atomic E-state index is 0.0736. The van der Waals surface area contributed by atoms with Crippen LogP contribution in [0.4, 0.5) is 0 Å². The molecule has 0 N–H and O–H groups in total. The summed E-state index contributed by atoms with van der Waals surface area (Å²) in [5, 5.41) is 12.4. The van der Waals surface area contributed by atoms with E-state index in [0.717, 1.165) is 41.9 Å². The third-order valence-corrected chi connectivity index (χ3v) is 5.76. The van der Waals surface area contributed by atoms with Crippen LogP contribution in [0.15, 0.2) is 41.7 Å². The van der Waals surface area contributed by atoms with Crippen LogP contribution in [0.1, 0.15) is 45.8 Å². The second-order valence-electron chi connectivity index (χ2n) is 8.03. The van der Waals surface area contributed by atoms with E-state index < -0.39 is 0 Å². The van der Waals surface area contributed by atoms with Crippen molar-refractivity contribution in [3.8, 4) is 5.75 Å². The Kier molecular flexibility index (Phi) is 7.05. The van der Waals surface area contributed by atoms with Crippen molar-refractivity contribution in [2.45, 2.75) is 45.9 Å². The van der Waals surface area contributed by atoms with Crippen LogP contribution in [0.25, 0.3) is 0 Å². The standard InChI is InChI=1S/C24H27N5O5/c1-16-11-20-21(5-4-6-22(20)29(16)14-24(31)33-3)26-34-15-18-12-28(27-25-18)13-23(30)17-7-9-19(32-2)10-8-17/h7-12H,4-6,13-15H2,1-3H3/b26-21-. The predicted molar refractivity (Wildman–Crippen MR) is 123 cm³/mol. The molecule has 0 spiro atoms. The van der Waals surface area contributed by atoms with E-state index in [9.17, 15) is 9.59 Å². The molecule has 0 fully saturated rings. The largest absolute Gasteiger partial charge is 0.497 e. The zero-order valence-electron chi connectivity index (χ0n) is 19.5. The summed E-state index contributed by atoms with van der Waals surface area (Å²) < 4.78 is 13.4. The van der Waals surface area contributed by atoms with Crippen molar-refractivity contribution < 1.29 is 23.9 Å². The Morgan fingerprint density at radius 3 is 2.65 bits per heavy atom. The van der Waals surface area contributed by atoms with E-state index in [0.29, 0.717) is 17.0 Å². The van der Waals surface area contributed by atoms with Gasteiger partial charge in [-0.2, -0.15) is 0 Å². The Balaban J connectivity index is 1.37. The van der Waals surface area contributed by atoms with Crippen molar-refractivity contribution in [2.24, 2.45) is 5.16 Å². The summed E-state index contributed by atoms with van der Waals surface area (Å²) in [6.07, 6.45) is 4.25. The van der Waals surface area contributed by atoms with Crippen LogP contribution in [0.5, 0.6) is 5.75 Å². The van der Waals surface area contributed by atoms with E-state index in [4.69, 9.17) is 14.3 Å². The molecule has 1 aliphatic carbocycles. The molecule has 3 aromatic rings. The number of rotatable bonds is 9. The lowest BCUT2D eigenvalue weighted by Gasteiger charge is -2.17. The van der Waals surface area contributed by atoms with Gasteiger partial charge in [-0.05, 0) is 56.5 Å². The van der Waals surface area contributed by atoms with Gasteiger partial charge in [0.2, 0.25) is 0 Å². The van der Waals surface area contributed by atoms with Gasteiger partial charge < -0.3 is 18.9 Å². The minimum atomic E-state index is -0.282. The number of ether oxygens (including phenoxy) is 2. The molecule has 4 rings (SSSR count). The molecule has 10 heteroatoms. The number of carbonyl (C=O) groups is 2. The zero-order chi connectivity index (χ0) is 24.1. The fourth-order valence-electron chi connectivity index (χ4n) is 3.99. The Bertz CT molecular complexity index is 1210. The molecule has 2 heterocycles. The highest BCUT2D eigenvalue weighted by Gasteiger charge is 2.23. The quantitative estimate of drug-likeness (QED) is 0.271. The number of benzene rings is 1. The van der Waals surface area contributed by atoms with Crippen LogP contribution in [-0.2, 0) is 40.5 Å². The van der Waals surface area contributed by atoms with Gasteiger partial charge >= 0.3 is 5.97 Å². The monoisotopic (exact) mass is 465 g/mol. The van der Waals surface area contributed by atoms with Gasteiger partial charge in [-0.25, -0.2) is 4.68 Å². The first-order chi connectivity index (χ1) is 16.5. The highest BCUT2D eigenvalue weighted by molar-refractivity contribution is 6.02. The number of oxime groups is 1. The summed E-state index contributed by atoms with van der Waals surface area (Å²) in [5.74, 6) is 0.329. The second-order valence-corrected chi connectivity index (χ2v) is 8.03. The molecule has 0 radical (unpaired) electrons. The number of aryl methyl sites for hydroxylation is 1. The molecule has 10 nitrogen and oxygen atoms in total. The highest BCUT2D eigenvalue weighted by atomic mass is 16.6. The van der Waals surface area contributed by atoms with Crippen LogP contribution in [0.2, 0.25) is 0 Å². The summed E-state index contributed by atoms with van der Waals surface area (Å²) >= 11 is 0. The molecule has 1 aliphatic rings. The Hall–Kier alpha value is -3.95. The number of Topliss-reactive ketones (excluding diaryl/α,β-unsaturated/α-hetero) is 1. The molecule has 0 aliphatic heterocycles. The maximum absolute atomic E-state index is 12.5. The van der Waals surface area contributed by atoms with Gasteiger partial charge in [0.25, 0.3) is 0 Å². The fourth-order valence-corrected chi connectivity index (χ4v) is 3.99. The third-order valence-electron chi connectivity index (χ3n) is 5.76. The van der Waals surface area contributed by atoms with Gasteiger partial charge in [0.15, 0.2) is 12.4 Å². The van der Waals surface area contributed by atoms with Crippen LogP contribution in [-0.4, -0.2) is 51.2 Å². The van der Waals surface area contributed by atoms with Gasteiger partial charge in [0.05, 0.1) is 26.1 Å². The van der Waals surface area contributed by atoms with Crippen LogP contribution < -0.4 is 4.74 Å². The van der Waals surface area contributed by atoms with Crippen LogP contribution in [0.3, 0.4) is 0 Å². The zero-order valence-corrected chi connectivity index (χ0v) is 19.5. The number of fused-ring (bicyclic) bond motifs is 1. The number of hydrogen-bond donors (Lipinski definition) is 0. The van der Waals surface area contributed by atoms with Gasteiger partial charge in [0, 0.05) is 22.5 Å². The molecular formula is C24H27N5O5. The lowest BCUT2D eigenvalue weighted by atomic mass is 9.96. The SMILES string of the molecule is COC(=O)Cn1c(C)cc2c1CCC/C2=N/OCc1cn(CC(=O)c2ccc(OC)cc2)nn1. The van der Waals surface area contributed by atoms with Gasteiger partial charge in [-0.1, -0.05) is 10.4 Å². The number of hydrogen-bond acceptors (Lipinski definition) is 8. The summed E-state index contributed by atoms with van der Waals surface area (Å²) in [4.78, 5) is 29.8. The first-order valence-corrected chi connectivity index (χ1v) is 11.0. The van der Waals surface area contributed by atoms with E-state index in [2.05, 4.69) is 15.5 Å². The fraction of sp³-hybridized carbons (Fsp3) is 0.375. The molecule has 1 aromatic carbocycles. The normalized spacial score (nSPS) is 14.0. The lowest BCUT2D eigenvalue weighted by molar-refractivity contribution is -0.141. The summed E-state index contributed by atoms with van der Waals surface area (Å²) in [7, 11) is 2.97. The maximum atomic E-state index is 12.5. The van der Waals surface area contributed by atoms with Crippen molar-refractivity contribution >= 4 is 17.5 Å². The number of ketones is 1. The summed E-state index contributed by atoms with van der Waals surface area (Å²) in [6.45, 7) is 2.36. The van der Waals surface area contributed by atoms with E-state index >= 15 is 0 Å². The molecule has 34 heavy (non-hydrogen) atoms. The number of carbonyl (C=O) groups excluding carboxylic acids is 2. The smallest absolute Gasteiger partial charge is 0.325 e. The molecule has 0 saturated carbocycles. The molecular weight excluding hydrogens is 438 g/mol. The molecule has 0 unspecified atom stereocenters. The average molecular weight is 466 g/mol. The van der Waals surface area contributed by atoms with Crippen molar-refractivity contribution in [2.75, 3.05) is 14.2 Å². The Labute approximate surface area is 197 Å². The first kappa shape index (κ1) is 23.2.